The molecule has 0 amide bonds. The summed E-state index contributed by atoms with van der Waals surface area (Å²) in [7, 11) is 0. The molecule has 0 saturated carbocycles. The van der Waals surface area contributed by atoms with Crippen LogP contribution in [0.15, 0.2) is 4.99 Å². The van der Waals surface area contributed by atoms with Crippen LogP contribution in [-0.4, -0.2) is 19.1 Å². The van der Waals surface area contributed by atoms with Gasteiger partial charge >= 0.3 is 6.34 Å². The Morgan fingerprint density at radius 2 is 2.67 bits per heavy atom. The molecular weight excluding hydrogens is 76.1 g/mol. The third kappa shape index (κ3) is 0.641. The highest BCUT2D eigenvalue weighted by Gasteiger charge is 1.91. The maximum atomic E-state index is 3.85. The van der Waals surface area contributed by atoms with Crippen LogP contribution in [-0.2, 0) is 0 Å². The third-order valence-corrected chi connectivity index (χ3v) is 0.641. The molecule has 2 heteroatoms. The van der Waals surface area contributed by atoms with E-state index in [0.29, 0.717) is 0 Å². The highest BCUT2D eigenvalue weighted by molar-refractivity contribution is 5.73. The van der Waals surface area contributed by atoms with Crippen molar-refractivity contribution in [3.8, 4) is 0 Å². The summed E-state index contributed by atoms with van der Waals surface area (Å²) >= 11 is 0. The second kappa shape index (κ2) is 1.70. The number of aliphatic imine (C=N–C) groups is 2. The minimum atomic E-state index is 0.920. The van der Waals surface area contributed by atoms with E-state index in [1.807, 2.05) is 6.21 Å². The van der Waals surface area contributed by atoms with E-state index < -0.39 is 0 Å². The fourth-order valence-corrected chi connectivity index (χ4v) is 0.359. The quantitative estimate of drug-likeness (QED) is 0.388. The molecule has 1 heterocycles. The Hall–Kier alpha value is -0.660. The molecule has 0 bridgehead atoms. The molecular formula is C4H6N2+. The van der Waals surface area contributed by atoms with Gasteiger partial charge in [0.25, 0.3) is 0 Å². The lowest BCUT2D eigenvalue weighted by atomic mass is 10.4. The summed E-state index contributed by atoms with van der Waals surface area (Å²) in [5, 5.41) is 0. The number of nitrogens with zero attached hydrogens (tertiary/aromatic N) is 2. The summed E-state index contributed by atoms with van der Waals surface area (Å²) < 4.78 is 0. The highest BCUT2D eigenvalue weighted by atomic mass is 14.9. The van der Waals surface area contributed by atoms with Crippen molar-refractivity contribution in [1.29, 1.82) is 0 Å². The van der Waals surface area contributed by atoms with Crippen LogP contribution in [0.1, 0.15) is 6.42 Å². The molecule has 0 N–H and O–H groups in total. The lowest BCUT2D eigenvalue weighted by molar-refractivity contribution is 0.955. The fourth-order valence-electron chi connectivity index (χ4n) is 0.359. The van der Waals surface area contributed by atoms with Crippen LogP contribution in [0.2, 0.25) is 0 Å². The molecule has 0 aromatic rings. The van der Waals surface area contributed by atoms with E-state index in [1.165, 1.54) is 0 Å². The van der Waals surface area contributed by atoms with Gasteiger partial charge in [-0.05, 0) is 0 Å². The molecule has 0 aromatic carbocycles. The smallest absolute Gasteiger partial charge is 0.0867 e. The maximum Gasteiger partial charge on any atom is 0.320 e. The zero-order valence-corrected chi connectivity index (χ0v) is 3.46. The van der Waals surface area contributed by atoms with E-state index in [2.05, 4.69) is 9.98 Å². The second-order valence-corrected chi connectivity index (χ2v) is 1.14. The molecule has 2 nitrogen and oxygen atoms in total. The molecule has 0 spiro atoms. The minimum absolute atomic E-state index is 0.920. The molecule has 0 saturated heterocycles. The molecule has 6 heavy (non-hydrogen) atoms. The van der Waals surface area contributed by atoms with Crippen LogP contribution < -0.4 is 4.99 Å². The van der Waals surface area contributed by atoms with Gasteiger partial charge in [0, 0.05) is 6.42 Å². The molecule has 1 rings (SSSR count). The zero-order chi connectivity index (χ0) is 4.24. The normalized spacial score (nSPS) is 18.7. The van der Waals surface area contributed by atoms with Crippen molar-refractivity contribution in [3.05, 3.63) is 0 Å². The van der Waals surface area contributed by atoms with Gasteiger partial charge in [0.1, 0.15) is 12.8 Å². The van der Waals surface area contributed by atoms with Gasteiger partial charge in [-0.1, -0.05) is 9.98 Å². The van der Waals surface area contributed by atoms with Crippen molar-refractivity contribution in [2.24, 2.45) is 4.99 Å². The Morgan fingerprint density at radius 1 is 1.67 bits per heavy atom. The molecule has 1 radical (unpaired) electrons. The van der Waals surface area contributed by atoms with Crippen LogP contribution in [0.5, 0.6) is 0 Å². The summed E-state index contributed by atoms with van der Waals surface area (Å²) in [4.78, 5) is 7.61. The van der Waals surface area contributed by atoms with Crippen LogP contribution in [0, 0.1) is 0 Å². The third-order valence-electron chi connectivity index (χ3n) is 0.641. The van der Waals surface area contributed by atoms with E-state index in [4.69, 9.17) is 0 Å². The maximum absolute atomic E-state index is 3.85. The molecule has 0 atom stereocenters. The Kier molecular flexibility index (Phi) is 0.998. The first kappa shape index (κ1) is 3.53. The summed E-state index contributed by atoms with van der Waals surface area (Å²) in [6, 6.07) is 0. The van der Waals surface area contributed by atoms with Gasteiger partial charge in [-0.3, -0.25) is 0 Å². The minimum Gasteiger partial charge on any atom is -0.0867 e. The van der Waals surface area contributed by atoms with Crippen LogP contribution in [0.4, 0.5) is 0 Å². The Labute approximate surface area is 36.6 Å². The summed E-state index contributed by atoms with van der Waals surface area (Å²) in [5.74, 6) is 0. The van der Waals surface area contributed by atoms with Crippen molar-refractivity contribution in [1.82, 2.24) is 4.99 Å². The van der Waals surface area contributed by atoms with Gasteiger partial charge in [0.05, 0.1) is 0 Å². The number of rotatable bonds is 0. The van der Waals surface area contributed by atoms with Gasteiger partial charge in [-0.25, -0.2) is 0 Å². The summed E-state index contributed by atoms with van der Waals surface area (Å²) in [6.45, 7) is 0.920. The first-order valence-electron chi connectivity index (χ1n) is 2.00. The molecule has 1 aliphatic rings. The monoisotopic (exact) mass is 82.1 g/mol. The van der Waals surface area contributed by atoms with Crippen molar-refractivity contribution in [2.45, 2.75) is 6.42 Å². The summed E-state index contributed by atoms with van der Waals surface area (Å²) in [6.07, 6.45) is 4.47. The lowest BCUT2D eigenvalue weighted by Gasteiger charge is -1.75. The van der Waals surface area contributed by atoms with E-state index in [0.717, 1.165) is 13.0 Å². The second-order valence-electron chi connectivity index (χ2n) is 1.14. The first-order valence-corrected chi connectivity index (χ1v) is 2.00. The predicted octanol–water partition coefficient (Wildman–Crippen LogP) is -0.175. The van der Waals surface area contributed by atoms with Crippen LogP contribution in [0.25, 0.3) is 0 Å². The SMILES string of the molecule is C1=NC=[N+]CC1. The van der Waals surface area contributed by atoms with Crippen molar-refractivity contribution in [2.75, 3.05) is 6.54 Å². The average Bonchev–Trinajstić information content (AvgIpc) is 1.72. The van der Waals surface area contributed by atoms with Crippen molar-refractivity contribution >= 4 is 12.6 Å². The van der Waals surface area contributed by atoms with E-state index in [9.17, 15) is 0 Å². The average molecular weight is 82.1 g/mol. The molecule has 0 unspecified atom stereocenters. The Morgan fingerprint density at radius 3 is 2.83 bits per heavy atom. The lowest BCUT2D eigenvalue weighted by Crippen LogP contribution is -2.00. The van der Waals surface area contributed by atoms with E-state index in [1.54, 1.807) is 6.34 Å². The van der Waals surface area contributed by atoms with Crippen LogP contribution in [0.3, 0.4) is 0 Å². The molecule has 0 aromatic heterocycles. The molecule has 31 valence electrons. The van der Waals surface area contributed by atoms with Gasteiger partial charge in [0.2, 0.25) is 0 Å². The number of hydrogen-bond donors (Lipinski definition) is 0. The fraction of sp³-hybridized carbons (Fsp3) is 0.500. The highest BCUT2D eigenvalue weighted by Crippen LogP contribution is 1.71. The number of hydrogen-bond acceptors (Lipinski definition) is 2. The van der Waals surface area contributed by atoms with Gasteiger partial charge < -0.3 is 0 Å². The Bertz CT molecular complexity index is 71.5. The zero-order valence-electron chi connectivity index (χ0n) is 3.46. The molecule has 0 aliphatic carbocycles. The molecule has 0 fully saturated rings. The van der Waals surface area contributed by atoms with E-state index >= 15 is 0 Å². The predicted molar refractivity (Wildman–Crippen MR) is 26.2 cm³/mol. The topological polar surface area (TPSA) is 26.5 Å². The molecule has 1 aliphatic heterocycles. The Balaban J connectivity index is 2.46. The van der Waals surface area contributed by atoms with Crippen molar-refractivity contribution < 1.29 is 0 Å². The standard InChI is InChI=1S/C4H6N2/c1-2-5-4-6-3-1/h2,4H,1,3H2/q+1. The van der Waals surface area contributed by atoms with Gasteiger partial charge in [-0.15, -0.1) is 0 Å². The van der Waals surface area contributed by atoms with E-state index in [-0.39, 0.29) is 0 Å². The first-order chi connectivity index (χ1) is 3.00. The van der Waals surface area contributed by atoms with Crippen LogP contribution >= 0.6 is 0 Å². The van der Waals surface area contributed by atoms with Gasteiger partial charge in [0.15, 0.2) is 0 Å². The van der Waals surface area contributed by atoms with Gasteiger partial charge in [-0.2, -0.15) is 0 Å². The largest absolute Gasteiger partial charge is 0.320 e. The summed E-state index contributed by atoms with van der Waals surface area (Å²) in [5.41, 5.74) is 0. The van der Waals surface area contributed by atoms with Crippen molar-refractivity contribution in [3.63, 3.8) is 0 Å².